The molecule has 0 spiro atoms. The Bertz CT molecular complexity index is 1250. The fourth-order valence-electron chi connectivity index (χ4n) is 4.59. The summed E-state index contributed by atoms with van der Waals surface area (Å²) in [5.41, 5.74) is 3.85. The second kappa shape index (κ2) is 10.8. The summed E-state index contributed by atoms with van der Waals surface area (Å²) in [6.07, 6.45) is 7.00. The second-order valence-electron chi connectivity index (χ2n) is 9.75. The average molecular weight is 493 g/mol. The molecule has 10 heteroatoms. The van der Waals surface area contributed by atoms with E-state index in [1.165, 1.54) is 0 Å². The van der Waals surface area contributed by atoms with Crippen LogP contribution in [0.4, 0.5) is 17.2 Å². The number of aromatic nitrogens is 4. The summed E-state index contributed by atoms with van der Waals surface area (Å²) in [4.78, 5) is 38.0. The van der Waals surface area contributed by atoms with Crippen molar-refractivity contribution in [3.8, 4) is 11.5 Å². The molecule has 190 valence electrons. The van der Waals surface area contributed by atoms with Gasteiger partial charge in [0.05, 0.1) is 35.1 Å². The van der Waals surface area contributed by atoms with Crippen molar-refractivity contribution in [1.82, 2.24) is 20.1 Å². The zero-order valence-corrected chi connectivity index (χ0v) is 21.0. The molecule has 2 atom stereocenters. The molecule has 10 nitrogen and oxygen atoms in total. The molecule has 0 radical (unpaired) electrons. The minimum Gasteiger partial charge on any atom is -0.481 e. The fraction of sp³-hybridized carbons (Fsp3) is 0.462. The first-order valence-electron chi connectivity index (χ1n) is 12.3. The van der Waals surface area contributed by atoms with Crippen LogP contribution in [0.25, 0.3) is 11.5 Å². The van der Waals surface area contributed by atoms with E-state index in [4.69, 9.17) is 4.52 Å². The molecule has 0 aliphatic heterocycles. The molecule has 1 amide bonds. The molecule has 36 heavy (non-hydrogen) atoms. The fourth-order valence-corrected chi connectivity index (χ4v) is 4.59. The van der Waals surface area contributed by atoms with E-state index in [1.54, 1.807) is 31.5 Å². The van der Waals surface area contributed by atoms with Crippen molar-refractivity contribution >= 4 is 29.1 Å². The van der Waals surface area contributed by atoms with Gasteiger partial charge in [-0.2, -0.15) is 0 Å². The molecule has 0 aromatic carbocycles. The van der Waals surface area contributed by atoms with E-state index < -0.39 is 17.8 Å². The standard InChI is InChI=1S/C26H32N6O4/c1-14(2)11-17-12-27-13-22(29-17)31-23-16(4)32-36-24(23)21-10-9-20(15(3)28-21)30-25(33)18-7-5-6-8-19(18)26(34)35/h9-10,12-14,18-19H,5-8,11H2,1-4H3,(H,29,31)(H,30,33)(H,34,35)/t18-,19-/m0/s1. The van der Waals surface area contributed by atoms with Gasteiger partial charge >= 0.3 is 5.97 Å². The number of carbonyl (C=O) groups is 2. The molecule has 1 aliphatic carbocycles. The van der Waals surface area contributed by atoms with Crippen LogP contribution in [-0.4, -0.2) is 37.1 Å². The predicted molar refractivity (Wildman–Crippen MR) is 135 cm³/mol. The first-order chi connectivity index (χ1) is 17.2. The number of nitrogens with zero attached hydrogens (tertiary/aromatic N) is 4. The van der Waals surface area contributed by atoms with Gasteiger partial charge in [-0.3, -0.25) is 14.6 Å². The largest absolute Gasteiger partial charge is 0.481 e. The highest BCUT2D eigenvalue weighted by atomic mass is 16.5. The third kappa shape index (κ3) is 5.69. The number of aliphatic carboxylic acids is 1. The molecule has 4 rings (SSSR count). The van der Waals surface area contributed by atoms with Crippen LogP contribution in [-0.2, 0) is 16.0 Å². The predicted octanol–water partition coefficient (Wildman–Crippen LogP) is 4.92. The summed E-state index contributed by atoms with van der Waals surface area (Å²) in [5, 5.41) is 19.7. The van der Waals surface area contributed by atoms with Gasteiger partial charge in [-0.1, -0.05) is 31.8 Å². The first-order valence-corrected chi connectivity index (χ1v) is 12.3. The number of aryl methyl sites for hydroxylation is 2. The zero-order valence-electron chi connectivity index (χ0n) is 21.0. The van der Waals surface area contributed by atoms with Crippen molar-refractivity contribution in [2.75, 3.05) is 10.6 Å². The number of amides is 1. The SMILES string of the molecule is Cc1nc(-c2onc(C)c2Nc2cncc(CC(C)C)n2)ccc1NC(=O)[C@H]1CCCC[C@@H]1C(=O)O. The molecular formula is C26H32N6O4. The number of rotatable bonds is 8. The highest BCUT2D eigenvalue weighted by molar-refractivity contribution is 5.95. The smallest absolute Gasteiger partial charge is 0.307 e. The van der Waals surface area contributed by atoms with Crippen LogP contribution < -0.4 is 10.6 Å². The Morgan fingerprint density at radius 2 is 1.83 bits per heavy atom. The molecule has 0 saturated heterocycles. The van der Waals surface area contributed by atoms with Gasteiger partial charge in [0.15, 0.2) is 0 Å². The van der Waals surface area contributed by atoms with Gasteiger partial charge in [0.2, 0.25) is 11.7 Å². The van der Waals surface area contributed by atoms with Crippen LogP contribution in [0, 0.1) is 31.6 Å². The molecule has 1 aliphatic rings. The lowest BCUT2D eigenvalue weighted by Gasteiger charge is -2.27. The van der Waals surface area contributed by atoms with E-state index in [-0.39, 0.29) is 5.91 Å². The van der Waals surface area contributed by atoms with Crippen molar-refractivity contribution in [3.05, 3.63) is 41.6 Å². The van der Waals surface area contributed by atoms with Gasteiger partial charge in [0.1, 0.15) is 22.9 Å². The topological polar surface area (TPSA) is 143 Å². The number of hydrogen-bond donors (Lipinski definition) is 3. The summed E-state index contributed by atoms with van der Waals surface area (Å²) < 4.78 is 5.58. The number of carboxylic acid groups (broad SMARTS) is 1. The van der Waals surface area contributed by atoms with E-state index in [2.05, 4.69) is 44.6 Å². The molecule has 3 heterocycles. The summed E-state index contributed by atoms with van der Waals surface area (Å²) >= 11 is 0. The Morgan fingerprint density at radius 3 is 2.53 bits per heavy atom. The van der Waals surface area contributed by atoms with Gasteiger partial charge in [-0.15, -0.1) is 0 Å². The maximum absolute atomic E-state index is 12.9. The number of pyridine rings is 1. The highest BCUT2D eigenvalue weighted by Crippen LogP contribution is 2.34. The number of carboxylic acids is 1. The van der Waals surface area contributed by atoms with Gasteiger partial charge < -0.3 is 20.3 Å². The maximum Gasteiger partial charge on any atom is 0.307 e. The minimum absolute atomic E-state index is 0.280. The molecule has 3 aromatic rings. The van der Waals surface area contributed by atoms with Crippen LogP contribution >= 0.6 is 0 Å². The lowest BCUT2D eigenvalue weighted by Crippen LogP contribution is -2.36. The summed E-state index contributed by atoms with van der Waals surface area (Å²) in [6.45, 7) is 7.87. The van der Waals surface area contributed by atoms with Crippen molar-refractivity contribution in [1.29, 1.82) is 0 Å². The van der Waals surface area contributed by atoms with Crippen LogP contribution in [0.2, 0.25) is 0 Å². The normalized spacial score (nSPS) is 17.7. The average Bonchev–Trinajstić information content (AvgIpc) is 3.20. The van der Waals surface area contributed by atoms with Crippen molar-refractivity contribution in [2.24, 2.45) is 17.8 Å². The lowest BCUT2D eigenvalue weighted by molar-refractivity contribution is -0.147. The Morgan fingerprint density at radius 1 is 1.08 bits per heavy atom. The van der Waals surface area contributed by atoms with Crippen LogP contribution in [0.15, 0.2) is 29.0 Å². The lowest BCUT2D eigenvalue weighted by atomic mass is 9.78. The summed E-state index contributed by atoms with van der Waals surface area (Å²) in [7, 11) is 0. The zero-order chi connectivity index (χ0) is 25.8. The third-order valence-corrected chi connectivity index (χ3v) is 6.41. The molecule has 3 aromatic heterocycles. The Balaban J connectivity index is 1.53. The van der Waals surface area contributed by atoms with E-state index >= 15 is 0 Å². The maximum atomic E-state index is 12.9. The highest BCUT2D eigenvalue weighted by Gasteiger charge is 2.36. The second-order valence-corrected chi connectivity index (χ2v) is 9.75. The summed E-state index contributed by atoms with van der Waals surface area (Å²) in [5.74, 6) is -0.904. The molecular weight excluding hydrogens is 460 g/mol. The quantitative estimate of drug-likeness (QED) is 0.399. The van der Waals surface area contributed by atoms with E-state index in [9.17, 15) is 14.7 Å². The van der Waals surface area contributed by atoms with Gasteiger partial charge in [-0.05, 0) is 51.2 Å². The van der Waals surface area contributed by atoms with Gasteiger partial charge in [-0.25, -0.2) is 9.97 Å². The number of anilines is 3. The minimum atomic E-state index is -0.916. The molecule has 3 N–H and O–H groups in total. The molecule has 1 fully saturated rings. The molecule has 0 bridgehead atoms. The van der Waals surface area contributed by atoms with E-state index in [0.29, 0.717) is 58.8 Å². The third-order valence-electron chi connectivity index (χ3n) is 6.41. The van der Waals surface area contributed by atoms with Gasteiger partial charge in [0, 0.05) is 6.20 Å². The first kappa shape index (κ1) is 25.3. The number of hydrogen-bond acceptors (Lipinski definition) is 8. The van der Waals surface area contributed by atoms with Crippen molar-refractivity contribution < 1.29 is 19.2 Å². The number of carbonyl (C=O) groups excluding carboxylic acids is 1. The van der Waals surface area contributed by atoms with Gasteiger partial charge in [0.25, 0.3) is 0 Å². The molecule has 0 unspecified atom stereocenters. The molecule has 1 saturated carbocycles. The van der Waals surface area contributed by atoms with Crippen molar-refractivity contribution in [3.63, 3.8) is 0 Å². The summed E-state index contributed by atoms with van der Waals surface area (Å²) in [6, 6.07) is 3.49. The Labute approximate surface area is 209 Å². The van der Waals surface area contributed by atoms with Crippen LogP contribution in [0.1, 0.15) is 56.6 Å². The van der Waals surface area contributed by atoms with Crippen LogP contribution in [0.3, 0.4) is 0 Å². The van der Waals surface area contributed by atoms with E-state index in [1.807, 2.05) is 6.92 Å². The number of nitrogens with one attached hydrogen (secondary N) is 2. The van der Waals surface area contributed by atoms with Crippen LogP contribution in [0.5, 0.6) is 0 Å². The monoisotopic (exact) mass is 492 g/mol. The van der Waals surface area contributed by atoms with E-state index in [0.717, 1.165) is 25.0 Å². The Kier molecular flexibility index (Phi) is 7.61. The Hall–Kier alpha value is -3.82. The van der Waals surface area contributed by atoms with Crippen molar-refractivity contribution in [2.45, 2.75) is 59.8 Å².